The molecule has 0 radical (unpaired) electrons. The number of Topliss-reactive ketones (excluding diaryl/α,β-unsaturated/α-hetero) is 1. The number of carbonyl (C=O) groups excluding carboxylic acids is 1. The van der Waals surface area contributed by atoms with Crippen LogP contribution >= 0.6 is 11.3 Å². The number of thiophene rings is 1. The fraction of sp³-hybridized carbons (Fsp3) is 0.375. The Morgan fingerprint density at radius 3 is 2.77 bits per heavy atom. The lowest BCUT2D eigenvalue weighted by molar-refractivity contribution is -0.118. The molecule has 0 saturated heterocycles. The predicted octanol–water partition coefficient (Wildman–Crippen LogP) is 2.97. The van der Waals surface area contributed by atoms with Crippen LogP contribution in [0.4, 0.5) is 5.82 Å². The van der Waals surface area contributed by atoms with Crippen molar-refractivity contribution in [3.8, 4) is 0 Å². The number of anilines is 1. The van der Waals surface area contributed by atoms with Crippen LogP contribution in [0.1, 0.15) is 43.7 Å². The summed E-state index contributed by atoms with van der Waals surface area (Å²) in [6, 6.07) is 1.99. The zero-order valence-corrected chi connectivity index (χ0v) is 13.3. The Labute approximate surface area is 131 Å². The Bertz CT molecular complexity index is 839. The van der Waals surface area contributed by atoms with Gasteiger partial charge < -0.3 is 5.32 Å². The van der Waals surface area contributed by atoms with E-state index in [1.54, 1.807) is 11.3 Å². The summed E-state index contributed by atoms with van der Waals surface area (Å²) < 4.78 is 0. The molecule has 6 heteroatoms. The van der Waals surface area contributed by atoms with Crippen LogP contribution in [0.5, 0.6) is 0 Å². The molecule has 1 aliphatic heterocycles. The number of rotatable bonds is 1. The lowest BCUT2D eigenvalue weighted by Crippen LogP contribution is -2.34. The first-order valence-electron chi connectivity index (χ1n) is 7.32. The Balaban J connectivity index is 1.96. The maximum atomic E-state index is 12.8. The Kier molecular flexibility index (Phi) is 2.75. The fourth-order valence-electron chi connectivity index (χ4n) is 3.59. The van der Waals surface area contributed by atoms with Crippen LogP contribution in [0.2, 0.25) is 0 Å². The first-order valence-corrected chi connectivity index (χ1v) is 8.26. The van der Waals surface area contributed by atoms with Gasteiger partial charge in [-0.1, -0.05) is 13.8 Å². The Morgan fingerprint density at radius 2 is 2.05 bits per heavy atom. The molecule has 3 N–H and O–H groups in total. The second-order valence-corrected chi connectivity index (χ2v) is 7.60. The normalized spacial score (nSPS) is 23.0. The predicted molar refractivity (Wildman–Crippen MR) is 86.2 cm³/mol. The summed E-state index contributed by atoms with van der Waals surface area (Å²) in [7, 11) is 0. The highest BCUT2D eigenvalue weighted by atomic mass is 32.1. The molecule has 3 heterocycles. The third kappa shape index (κ3) is 1.90. The van der Waals surface area contributed by atoms with Gasteiger partial charge in [-0.15, -0.1) is 0 Å². The van der Waals surface area contributed by atoms with Crippen molar-refractivity contribution in [1.82, 2.24) is 10.2 Å². The summed E-state index contributed by atoms with van der Waals surface area (Å²) in [5.41, 5.74) is 3.11. The summed E-state index contributed by atoms with van der Waals surface area (Å²) in [6.45, 7) is 4.21. The van der Waals surface area contributed by atoms with E-state index in [-0.39, 0.29) is 22.7 Å². The van der Waals surface area contributed by atoms with Crippen LogP contribution in [0.15, 0.2) is 32.9 Å². The molecule has 2 aromatic rings. The number of fused-ring (bicyclic) bond motifs is 1. The molecule has 2 aliphatic rings. The second kappa shape index (κ2) is 4.46. The van der Waals surface area contributed by atoms with Gasteiger partial charge in [-0.3, -0.25) is 19.8 Å². The number of hydrogen-bond acceptors (Lipinski definition) is 4. The van der Waals surface area contributed by atoms with Crippen molar-refractivity contribution < 1.29 is 4.79 Å². The maximum absolute atomic E-state index is 12.8. The van der Waals surface area contributed by atoms with E-state index in [1.165, 1.54) is 0 Å². The standard InChI is InChI=1S/C16H17N3O2S/c1-16(2)5-9-12(10(20)6-16)11(8-3-4-22-7-8)13-14(17-9)18-19-15(13)21/h3-4,7,11H,5-6H2,1-2H3,(H3,17,18,19,21). The van der Waals surface area contributed by atoms with Gasteiger partial charge in [0.1, 0.15) is 5.82 Å². The SMILES string of the molecule is CC1(C)CC(=O)C2=C(C1)Nc1[nH][nH]c(=O)c1C2c1ccsc1. The molecule has 5 nitrogen and oxygen atoms in total. The van der Waals surface area contributed by atoms with E-state index >= 15 is 0 Å². The number of nitrogens with one attached hydrogen (secondary N) is 3. The monoisotopic (exact) mass is 315 g/mol. The second-order valence-electron chi connectivity index (χ2n) is 6.82. The van der Waals surface area contributed by atoms with E-state index in [1.807, 2.05) is 16.8 Å². The van der Waals surface area contributed by atoms with Crippen LogP contribution in [0.3, 0.4) is 0 Å². The highest BCUT2D eigenvalue weighted by Crippen LogP contribution is 2.47. The number of aromatic amines is 2. The maximum Gasteiger partial charge on any atom is 0.270 e. The Morgan fingerprint density at radius 1 is 1.23 bits per heavy atom. The largest absolute Gasteiger partial charge is 0.343 e. The van der Waals surface area contributed by atoms with E-state index < -0.39 is 0 Å². The van der Waals surface area contributed by atoms with Crippen LogP contribution in [-0.2, 0) is 4.79 Å². The molecular formula is C16H17N3O2S. The molecule has 4 rings (SSSR count). The van der Waals surface area contributed by atoms with Gasteiger partial charge in [-0.25, -0.2) is 0 Å². The number of carbonyl (C=O) groups is 1. The van der Waals surface area contributed by atoms with E-state index in [9.17, 15) is 9.59 Å². The van der Waals surface area contributed by atoms with Gasteiger partial charge in [-0.05, 0) is 34.2 Å². The van der Waals surface area contributed by atoms with Gasteiger partial charge >= 0.3 is 0 Å². The number of hydrogen-bond donors (Lipinski definition) is 3. The van der Waals surface area contributed by atoms with Gasteiger partial charge in [0.05, 0.1) is 5.56 Å². The minimum atomic E-state index is -0.268. The summed E-state index contributed by atoms with van der Waals surface area (Å²) >= 11 is 1.58. The molecule has 1 aliphatic carbocycles. The topological polar surface area (TPSA) is 77.8 Å². The number of aromatic nitrogens is 2. The van der Waals surface area contributed by atoms with Gasteiger partial charge in [0.2, 0.25) is 0 Å². The molecular weight excluding hydrogens is 298 g/mol. The van der Waals surface area contributed by atoms with Crippen LogP contribution in [0, 0.1) is 5.41 Å². The van der Waals surface area contributed by atoms with Gasteiger partial charge in [0.25, 0.3) is 5.56 Å². The summed E-state index contributed by atoms with van der Waals surface area (Å²) in [5, 5.41) is 12.8. The molecule has 0 fully saturated rings. The van der Waals surface area contributed by atoms with Crippen molar-refractivity contribution in [1.29, 1.82) is 0 Å². The minimum Gasteiger partial charge on any atom is -0.343 e. The number of allylic oxidation sites excluding steroid dienone is 2. The van der Waals surface area contributed by atoms with Crippen molar-refractivity contribution in [2.24, 2.45) is 5.41 Å². The highest BCUT2D eigenvalue weighted by molar-refractivity contribution is 7.08. The molecule has 0 bridgehead atoms. The third-order valence-corrected chi connectivity index (χ3v) is 5.17. The fourth-order valence-corrected chi connectivity index (χ4v) is 4.28. The van der Waals surface area contributed by atoms with Crippen LogP contribution in [0.25, 0.3) is 0 Å². The summed E-state index contributed by atoms with van der Waals surface area (Å²) in [4.78, 5) is 25.0. The average molecular weight is 315 g/mol. The Hall–Kier alpha value is -2.08. The van der Waals surface area contributed by atoms with Crippen LogP contribution in [-0.4, -0.2) is 16.0 Å². The van der Waals surface area contributed by atoms with Crippen molar-refractivity contribution >= 4 is 22.9 Å². The molecule has 0 amide bonds. The van der Waals surface area contributed by atoms with Crippen molar-refractivity contribution in [3.05, 3.63) is 49.6 Å². The van der Waals surface area contributed by atoms with Crippen LogP contribution < -0.4 is 10.9 Å². The molecule has 0 saturated carbocycles. The first kappa shape index (κ1) is 13.6. The summed E-state index contributed by atoms with van der Waals surface area (Å²) in [5.74, 6) is 0.558. The molecule has 1 atom stereocenters. The van der Waals surface area contributed by atoms with Crippen molar-refractivity contribution in [2.75, 3.05) is 5.32 Å². The molecule has 0 aromatic carbocycles. The minimum absolute atomic E-state index is 0.0593. The highest BCUT2D eigenvalue weighted by Gasteiger charge is 2.42. The lowest BCUT2D eigenvalue weighted by atomic mass is 9.69. The van der Waals surface area contributed by atoms with E-state index in [0.29, 0.717) is 17.8 Å². The average Bonchev–Trinajstić information content (AvgIpc) is 3.05. The van der Waals surface area contributed by atoms with E-state index in [4.69, 9.17) is 0 Å². The van der Waals surface area contributed by atoms with Gasteiger partial charge in [0.15, 0.2) is 5.78 Å². The summed E-state index contributed by atoms with van der Waals surface area (Å²) in [6.07, 6.45) is 1.33. The first-order chi connectivity index (χ1) is 10.5. The molecule has 1 unspecified atom stereocenters. The van der Waals surface area contributed by atoms with E-state index in [2.05, 4.69) is 29.4 Å². The zero-order valence-electron chi connectivity index (χ0n) is 12.4. The number of H-pyrrole nitrogens is 2. The quantitative estimate of drug-likeness (QED) is 0.757. The van der Waals surface area contributed by atoms with E-state index in [0.717, 1.165) is 23.3 Å². The third-order valence-electron chi connectivity index (χ3n) is 4.46. The lowest BCUT2D eigenvalue weighted by Gasteiger charge is -2.37. The molecule has 0 spiro atoms. The molecule has 2 aromatic heterocycles. The molecule has 22 heavy (non-hydrogen) atoms. The van der Waals surface area contributed by atoms with Gasteiger partial charge in [-0.2, -0.15) is 11.3 Å². The number of ketones is 1. The van der Waals surface area contributed by atoms with Gasteiger partial charge in [0, 0.05) is 23.6 Å². The van der Waals surface area contributed by atoms with Crippen molar-refractivity contribution in [2.45, 2.75) is 32.6 Å². The smallest absolute Gasteiger partial charge is 0.270 e. The zero-order chi connectivity index (χ0) is 15.5. The molecule has 114 valence electrons. The van der Waals surface area contributed by atoms with Crippen molar-refractivity contribution in [3.63, 3.8) is 0 Å².